The van der Waals surface area contributed by atoms with E-state index in [9.17, 15) is 0 Å². The van der Waals surface area contributed by atoms with Crippen molar-refractivity contribution in [2.24, 2.45) is 0 Å². The molecule has 0 atom stereocenters. The van der Waals surface area contributed by atoms with Crippen LogP contribution in [0.3, 0.4) is 0 Å². The molecule has 1 aromatic carbocycles. The Kier molecular flexibility index (Phi) is 5.58. The molecule has 1 N–H and O–H groups in total. The molecule has 0 saturated heterocycles. The van der Waals surface area contributed by atoms with Crippen molar-refractivity contribution in [2.75, 3.05) is 18.1 Å². The van der Waals surface area contributed by atoms with E-state index in [0.717, 1.165) is 12.0 Å². The summed E-state index contributed by atoms with van der Waals surface area (Å²) < 4.78 is 0. The van der Waals surface area contributed by atoms with Gasteiger partial charge in [-0.15, -0.1) is 0 Å². The van der Waals surface area contributed by atoms with E-state index in [2.05, 4.69) is 43.4 Å². The highest BCUT2D eigenvalue weighted by atomic mass is 32.2. The summed E-state index contributed by atoms with van der Waals surface area (Å²) in [6.45, 7) is 5.66. The van der Waals surface area contributed by atoms with Gasteiger partial charge in [-0.1, -0.05) is 31.2 Å². The van der Waals surface area contributed by atoms with Gasteiger partial charge in [0.1, 0.15) is 0 Å². The summed E-state index contributed by atoms with van der Waals surface area (Å²) in [5, 5.41) is 3.68. The van der Waals surface area contributed by atoms with Crippen LogP contribution in [0.4, 0.5) is 0 Å². The summed E-state index contributed by atoms with van der Waals surface area (Å²) in [5.74, 6) is 3.35. The molecule has 0 unspecified atom stereocenters. The predicted octanol–water partition coefficient (Wildman–Crippen LogP) is 3.97. The van der Waals surface area contributed by atoms with Crippen molar-refractivity contribution >= 4 is 11.8 Å². The van der Waals surface area contributed by atoms with Crippen LogP contribution < -0.4 is 5.32 Å². The van der Waals surface area contributed by atoms with Gasteiger partial charge in [0, 0.05) is 6.04 Å². The third-order valence-electron chi connectivity index (χ3n) is 3.87. The maximum absolute atomic E-state index is 3.68. The molecule has 1 saturated carbocycles. The summed E-state index contributed by atoms with van der Waals surface area (Å²) >= 11 is 2.04. The van der Waals surface area contributed by atoms with E-state index < -0.39 is 0 Å². The van der Waals surface area contributed by atoms with E-state index in [1.165, 1.54) is 42.9 Å². The summed E-state index contributed by atoms with van der Waals surface area (Å²) in [6.07, 6.45) is 3.96. The second-order valence-corrected chi connectivity index (χ2v) is 6.62. The van der Waals surface area contributed by atoms with E-state index in [-0.39, 0.29) is 0 Å². The van der Waals surface area contributed by atoms with Crippen LogP contribution in [0.5, 0.6) is 0 Å². The van der Waals surface area contributed by atoms with Gasteiger partial charge in [-0.3, -0.25) is 0 Å². The number of hydrogen-bond acceptors (Lipinski definition) is 2. The van der Waals surface area contributed by atoms with Gasteiger partial charge in [0.2, 0.25) is 0 Å². The molecule has 1 nitrogen and oxygen atoms in total. The van der Waals surface area contributed by atoms with E-state index in [1.54, 1.807) is 5.56 Å². The molecule has 2 heteroatoms. The third kappa shape index (κ3) is 3.76. The fourth-order valence-electron chi connectivity index (χ4n) is 2.71. The van der Waals surface area contributed by atoms with Crippen molar-refractivity contribution in [3.63, 3.8) is 0 Å². The normalized spacial score (nSPS) is 22.8. The van der Waals surface area contributed by atoms with Gasteiger partial charge in [-0.05, 0) is 61.3 Å². The maximum atomic E-state index is 3.68. The first-order valence-corrected chi connectivity index (χ1v) is 8.33. The largest absolute Gasteiger partial charge is 0.314 e. The van der Waals surface area contributed by atoms with Crippen LogP contribution in [0.1, 0.15) is 43.2 Å². The number of aryl methyl sites for hydroxylation is 1. The minimum Gasteiger partial charge on any atom is -0.314 e. The fraction of sp³-hybridized carbons (Fsp3) is 0.625. The number of rotatable bonds is 7. The van der Waals surface area contributed by atoms with Crippen LogP contribution in [0.2, 0.25) is 0 Å². The van der Waals surface area contributed by atoms with Crippen LogP contribution in [-0.4, -0.2) is 24.1 Å². The molecular formula is C16H25NS. The Balaban J connectivity index is 1.64. The molecule has 0 heterocycles. The fourth-order valence-corrected chi connectivity index (χ4v) is 3.35. The maximum Gasteiger partial charge on any atom is 0.00787 e. The minimum absolute atomic E-state index is 0.765. The number of benzene rings is 1. The summed E-state index contributed by atoms with van der Waals surface area (Å²) in [4.78, 5) is 0. The molecule has 1 aliphatic rings. The molecule has 2 rings (SSSR count). The number of hydrogen-bond donors (Lipinski definition) is 1. The van der Waals surface area contributed by atoms with Crippen LogP contribution in [0, 0.1) is 6.92 Å². The lowest BCUT2D eigenvalue weighted by Gasteiger charge is -2.37. The lowest BCUT2D eigenvalue weighted by atomic mass is 9.74. The standard InChI is InChI=1S/C16H25NS/c1-3-18-10-6-9-17-15-11-14(12-15)16-8-5-4-7-13(16)2/h4-5,7-8,14-15,17H,3,6,9-12H2,1-2H3. The number of thioether (sulfide) groups is 1. The first kappa shape index (κ1) is 14.0. The van der Waals surface area contributed by atoms with Crippen LogP contribution in [0.25, 0.3) is 0 Å². The molecule has 1 aliphatic carbocycles. The molecule has 100 valence electrons. The van der Waals surface area contributed by atoms with Crippen molar-refractivity contribution in [2.45, 2.75) is 45.1 Å². The van der Waals surface area contributed by atoms with Crippen LogP contribution in [0.15, 0.2) is 24.3 Å². The van der Waals surface area contributed by atoms with Crippen molar-refractivity contribution in [1.82, 2.24) is 5.32 Å². The zero-order chi connectivity index (χ0) is 12.8. The highest BCUT2D eigenvalue weighted by Gasteiger charge is 2.30. The van der Waals surface area contributed by atoms with E-state index in [0.29, 0.717) is 0 Å². The van der Waals surface area contributed by atoms with E-state index >= 15 is 0 Å². The first-order chi connectivity index (χ1) is 8.81. The van der Waals surface area contributed by atoms with Crippen molar-refractivity contribution in [3.8, 4) is 0 Å². The SMILES string of the molecule is CCSCCCNC1CC(c2ccccc2C)C1. The van der Waals surface area contributed by atoms with Crippen LogP contribution in [-0.2, 0) is 0 Å². The molecule has 0 spiro atoms. The molecule has 0 bridgehead atoms. The Morgan fingerprint density at radius 2 is 2.06 bits per heavy atom. The van der Waals surface area contributed by atoms with Gasteiger partial charge in [0.15, 0.2) is 0 Å². The first-order valence-electron chi connectivity index (χ1n) is 7.18. The highest BCUT2D eigenvalue weighted by molar-refractivity contribution is 7.99. The molecule has 0 radical (unpaired) electrons. The average Bonchev–Trinajstić information content (AvgIpc) is 2.33. The smallest absolute Gasteiger partial charge is 0.00787 e. The van der Waals surface area contributed by atoms with Gasteiger partial charge in [-0.25, -0.2) is 0 Å². The van der Waals surface area contributed by atoms with Gasteiger partial charge in [0.25, 0.3) is 0 Å². The van der Waals surface area contributed by atoms with Gasteiger partial charge in [-0.2, -0.15) is 11.8 Å². The second-order valence-electron chi connectivity index (χ2n) is 5.23. The molecule has 1 fully saturated rings. The highest BCUT2D eigenvalue weighted by Crippen LogP contribution is 2.38. The molecule has 0 amide bonds. The summed E-state index contributed by atoms with van der Waals surface area (Å²) in [6, 6.07) is 9.61. The van der Waals surface area contributed by atoms with Gasteiger partial charge < -0.3 is 5.32 Å². The Labute approximate surface area is 116 Å². The minimum atomic E-state index is 0.765. The lowest BCUT2D eigenvalue weighted by Crippen LogP contribution is -2.40. The van der Waals surface area contributed by atoms with Gasteiger partial charge in [0.05, 0.1) is 0 Å². The third-order valence-corrected chi connectivity index (χ3v) is 4.85. The molecule has 18 heavy (non-hydrogen) atoms. The van der Waals surface area contributed by atoms with E-state index in [1.807, 2.05) is 11.8 Å². The molecule has 0 aromatic heterocycles. The zero-order valence-corrected chi connectivity index (χ0v) is 12.4. The molecule has 1 aromatic rings. The lowest BCUT2D eigenvalue weighted by molar-refractivity contribution is 0.291. The van der Waals surface area contributed by atoms with Crippen molar-refractivity contribution < 1.29 is 0 Å². The summed E-state index contributed by atoms with van der Waals surface area (Å²) in [5.41, 5.74) is 3.03. The Morgan fingerprint density at radius 1 is 1.28 bits per heavy atom. The second kappa shape index (κ2) is 7.20. The monoisotopic (exact) mass is 263 g/mol. The molecular weight excluding hydrogens is 238 g/mol. The number of nitrogens with one attached hydrogen (secondary N) is 1. The Hall–Kier alpha value is -0.470. The van der Waals surface area contributed by atoms with Crippen molar-refractivity contribution in [1.29, 1.82) is 0 Å². The Bertz CT molecular complexity index is 358. The Morgan fingerprint density at radius 3 is 2.78 bits per heavy atom. The zero-order valence-electron chi connectivity index (χ0n) is 11.6. The topological polar surface area (TPSA) is 12.0 Å². The van der Waals surface area contributed by atoms with Gasteiger partial charge >= 0.3 is 0 Å². The van der Waals surface area contributed by atoms with Crippen LogP contribution >= 0.6 is 11.8 Å². The van der Waals surface area contributed by atoms with Crippen molar-refractivity contribution in [3.05, 3.63) is 35.4 Å². The predicted molar refractivity (Wildman–Crippen MR) is 82.6 cm³/mol. The summed E-state index contributed by atoms with van der Waals surface area (Å²) in [7, 11) is 0. The molecule has 0 aliphatic heterocycles. The average molecular weight is 263 g/mol. The quantitative estimate of drug-likeness (QED) is 0.747. The van der Waals surface area contributed by atoms with E-state index in [4.69, 9.17) is 0 Å².